The molecule has 0 amide bonds. The Bertz CT molecular complexity index is 643. The highest BCUT2D eigenvalue weighted by Gasteiger charge is 2.24. The third kappa shape index (κ3) is 2.57. The Morgan fingerprint density at radius 2 is 2.05 bits per heavy atom. The molecular formula is C13H17N3O4. The predicted molar refractivity (Wildman–Crippen MR) is 71.2 cm³/mol. The number of ether oxygens (including phenoxy) is 1. The van der Waals surface area contributed by atoms with Crippen LogP contribution in [0.25, 0.3) is 5.65 Å². The van der Waals surface area contributed by atoms with Gasteiger partial charge in [0.1, 0.15) is 12.4 Å². The highest BCUT2D eigenvalue weighted by atomic mass is 16.5. The lowest BCUT2D eigenvalue weighted by Crippen LogP contribution is -2.18. The Labute approximate surface area is 115 Å². The van der Waals surface area contributed by atoms with E-state index in [9.17, 15) is 4.79 Å². The molecule has 0 aliphatic rings. The van der Waals surface area contributed by atoms with Crippen molar-refractivity contribution < 1.29 is 19.7 Å². The monoisotopic (exact) mass is 279 g/mol. The number of hydrogen-bond donors (Lipinski definition) is 2. The molecule has 0 bridgehead atoms. The topological polar surface area (TPSA) is 97.0 Å². The molecule has 0 fully saturated rings. The van der Waals surface area contributed by atoms with Crippen LogP contribution in [0.2, 0.25) is 0 Å². The van der Waals surface area contributed by atoms with Crippen molar-refractivity contribution in [3.8, 4) is 5.88 Å². The van der Waals surface area contributed by atoms with Gasteiger partial charge in [-0.2, -0.15) is 0 Å². The van der Waals surface area contributed by atoms with Crippen molar-refractivity contribution in [2.45, 2.75) is 26.2 Å². The Morgan fingerprint density at radius 1 is 1.35 bits per heavy atom. The third-order valence-electron chi connectivity index (χ3n) is 2.73. The molecule has 0 radical (unpaired) electrons. The number of pyridine rings is 1. The summed E-state index contributed by atoms with van der Waals surface area (Å²) in [4.78, 5) is 11.1. The largest absolute Gasteiger partial charge is 0.478 e. The molecule has 0 spiro atoms. The van der Waals surface area contributed by atoms with Crippen molar-refractivity contribution in [3.63, 3.8) is 0 Å². The van der Waals surface area contributed by atoms with Gasteiger partial charge in [0, 0.05) is 11.5 Å². The van der Waals surface area contributed by atoms with Crippen LogP contribution in [0.5, 0.6) is 5.88 Å². The van der Waals surface area contributed by atoms with Gasteiger partial charge in [0.25, 0.3) is 0 Å². The molecule has 2 aromatic rings. The minimum atomic E-state index is -1.07. The lowest BCUT2D eigenvalue weighted by atomic mass is 9.96. The number of nitrogens with zero attached hydrogens (tertiary/aromatic N) is 3. The van der Waals surface area contributed by atoms with Crippen molar-refractivity contribution in [2.75, 3.05) is 13.2 Å². The normalized spacial score (nSPS) is 11.8. The molecule has 7 nitrogen and oxygen atoms in total. The van der Waals surface area contributed by atoms with Crippen molar-refractivity contribution in [3.05, 3.63) is 23.5 Å². The molecule has 0 aliphatic heterocycles. The van der Waals surface area contributed by atoms with Crippen LogP contribution in [0.15, 0.2) is 12.1 Å². The number of aromatic nitrogens is 3. The highest BCUT2D eigenvalue weighted by molar-refractivity contribution is 5.89. The van der Waals surface area contributed by atoms with E-state index in [2.05, 4.69) is 10.2 Å². The standard InChI is InChI=1S/C13H17N3O4/c1-13(2,3)12-15-14-9-6-8(11(18)19)7-10(16(9)12)20-5-4-17/h6-7,17H,4-5H2,1-3H3,(H,18,19). The number of fused-ring (bicyclic) bond motifs is 1. The summed E-state index contributed by atoms with van der Waals surface area (Å²) in [7, 11) is 0. The van der Waals surface area contributed by atoms with Gasteiger partial charge in [-0.1, -0.05) is 20.8 Å². The number of aliphatic hydroxyl groups excluding tert-OH is 1. The van der Waals surface area contributed by atoms with Gasteiger partial charge in [0.05, 0.1) is 12.2 Å². The Hall–Kier alpha value is -2.15. The van der Waals surface area contributed by atoms with Gasteiger partial charge in [-0.25, -0.2) is 9.20 Å². The smallest absolute Gasteiger partial charge is 0.336 e. The van der Waals surface area contributed by atoms with E-state index >= 15 is 0 Å². The van der Waals surface area contributed by atoms with Gasteiger partial charge in [-0.15, -0.1) is 10.2 Å². The van der Waals surface area contributed by atoms with E-state index in [-0.39, 0.29) is 24.2 Å². The summed E-state index contributed by atoms with van der Waals surface area (Å²) in [6, 6.07) is 2.85. The Balaban J connectivity index is 2.67. The maximum atomic E-state index is 11.1. The molecule has 0 aliphatic carbocycles. The first kappa shape index (κ1) is 14.3. The summed E-state index contributed by atoms with van der Waals surface area (Å²) < 4.78 is 7.09. The first-order valence-corrected chi connectivity index (χ1v) is 6.21. The lowest BCUT2D eigenvalue weighted by Gasteiger charge is -2.18. The van der Waals surface area contributed by atoms with Crippen LogP contribution in [0, 0.1) is 0 Å². The zero-order valence-electron chi connectivity index (χ0n) is 11.6. The molecule has 0 saturated carbocycles. The van der Waals surface area contributed by atoms with Crippen LogP contribution in [0.4, 0.5) is 0 Å². The fraction of sp³-hybridized carbons (Fsp3) is 0.462. The summed E-state index contributed by atoms with van der Waals surface area (Å²) >= 11 is 0. The fourth-order valence-corrected chi connectivity index (χ4v) is 1.85. The molecule has 0 unspecified atom stereocenters. The number of carboxylic acid groups (broad SMARTS) is 1. The number of carbonyl (C=O) groups is 1. The van der Waals surface area contributed by atoms with Crippen LogP contribution in [0.3, 0.4) is 0 Å². The number of hydrogen-bond acceptors (Lipinski definition) is 5. The van der Waals surface area contributed by atoms with E-state index in [1.165, 1.54) is 12.1 Å². The molecule has 0 aromatic carbocycles. The average molecular weight is 279 g/mol. The maximum absolute atomic E-state index is 11.1. The van der Waals surface area contributed by atoms with Crippen molar-refractivity contribution in [1.29, 1.82) is 0 Å². The molecule has 7 heteroatoms. The number of aliphatic hydroxyl groups is 1. The second kappa shape index (κ2) is 5.09. The third-order valence-corrected chi connectivity index (χ3v) is 2.73. The van der Waals surface area contributed by atoms with Crippen molar-refractivity contribution in [2.24, 2.45) is 0 Å². The summed E-state index contributed by atoms with van der Waals surface area (Å²) in [6.45, 7) is 5.84. The summed E-state index contributed by atoms with van der Waals surface area (Å²) in [5.41, 5.74) is 0.197. The van der Waals surface area contributed by atoms with Crippen LogP contribution >= 0.6 is 0 Å². The lowest BCUT2D eigenvalue weighted by molar-refractivity contribution is 0.0696. The number of aromatic carboxylic acids is 1. The Morgan fingerprint density at radius 3 is 2.60 bits per heavy atom. The zero-order valence-corrected chi connectivity index (χ0v) is 11.6. The summed E-state index contributed by atoms with van der Waals surface area (Å²) in [5, 5.41) is 26.1. The fourth-order valence-electron chi connectivity index (χ4n) is 1.85. The minimum absolute atomic E-state index is 0.0679. The highest BCUT2D eigenvalue weighted by Crippen LogP contribution is 2.26. The molecule has 0 atom stereocenters. The average Bonchev–Trinajstić information content (AvgIpc) is 2.79. The van der Waals surface area contributed by atoms with Crippen molar-refractivity contribution >= 4 is 11.6 Å². The molecule has 2 heterocycles. The molecule has 2 rings (SSSR count). The minimum Gasteiger partial charge on any atom is -0.478 e. The van der Waals surface area contributed by atoms with E-state index in [1.807, 2.05) is 20.8 Å². The quantitative estimate of drug-likeness (QED) is 0.869. The van der Waals surface area contributed by atoms with Gasteiger partial charge < -0.3 is 14.9 Å². The molecule has 2 N–H and O–H groups in total. The van der Waals surface area contributed by atoms with E-state index < -0.39 is 5.97 Å². The van der Waals surface area contributed by atoms with Gasteiger partial charge in [-0.05, 0) is 6.07 Å². The van der Waals surface area contributed by atoms with Crippen LogP contribution in [-0.2, 0) is 5.41 Å². The first-order valence-electron chi connectivity index (χ1n) is 6.21. The second-order valence-electron chi connectivity index (χ2n) is 5.43. The summed E-state index contributed by atoms with van der Waals surface area (Å²) in [6.07, 6.45) is 0. The molecule has 2 aromatic heterocycles. The van der Waals surface area contributed by atoms with Gasteiger partial charge in [0.15, 0.2) is 5.65 Å². The van der Waals surface area contributed by atoms with E-state index in [4.69, 9.17) is 14.9 Å². The first-order chi connectivity index (χ1) is 9.34. The van der Waals surface area contributed by atoms with Gasteiger partial charge in [0.2, 0.25) is 5.88 Å². The SMILES string of the molecule is CC(C)(C)c1nnc2cc(C(=O)O)cc(OCCO)n12. The summed E-state index contributed by atoms with van der Waals surface area (Å²) in [5.74, 6) is -0.0945. The van der Waals surface area contributed by atoms with Crippen LogP contribution in [0.1, 0.15) is 37.0 Å². The predicted octanol–water partition coefficient (Wildman–Crippen LogP) is 1.10. The molecule has 0 saturated heterocycles. The molecule has 108 valence electrons. The number of carboxylic acids is 1. The molecular weight excluding hydrogens is 262 g/mol. The van der Waals surface area contributed by atoms with E-state index in [0.29, 0.717) is 17.4 Å². The van der Waals surface area contributed by atoms with Gasteiger partial charge >= 0.3 is 5.97 Å². The maximum Gasteiger partial charge on any atom is 0.336 e. The van der Waals surface area contributed by atoms with Crippen molar-refractivity contribution in [1.82, 2.24) is 14.6 Å². The van der Waals surface area contributed by atoms with Gasteiger partial charge in [-0.3, -0.25) is 0 Å². The number of rotatable bonds is 4. The zero-order chi connectivity index (χ0) is 14.9. The van der Waals surface area contributed by atoms with E-state index in [0.717, 1.165) is 0 Å². The van der Waals surface area contributed by atoms with Crippen LogP contribution in [-0.4, -0.2) is 44.0 Å². The van der Waals surface area contributed by atoms with Crippen LogP contribution < -0.4 is 4.74 Å². The Kier molecular flexibility index (Phi) is 3.63. The molecule has 20 heavy (non-hydrogen) atoms. The second-order valence-corrected chi connectivity index (χ2v) is 5.43. The van der Waals surface area contributed by atoms with E-state index in [1.54, 1.807) is 4.40 Å².